The quantitative estimate of drug-likeness (QED) is 0.687. The molecule has 1 aliphatic heterocycles. The lowest BCUT2D eigenvalue weighted by Crippen LogP contribution is -2.41. The van der Waals surface area contributed by atoms with Crippen molar-refractivity contribution < 1.29 is 9.72 Å². The Balaban J connectivity index is 1.99. The Hall–Kier alpha value is -1.82. The second kappa shape index (κ2) is 6.09. The Morgan fingerprint density at radius 2 is 2.10 bits per heavy atom. The number of carbonyl (C=O) groups is 1. The molecule has 1 aromatic carbocycles. The van der Waals surface area contributed by atoms with Gasteiger partial charge in [0.2, 0.25) is 5.91 Å². The third-order valence-corrected chi connectivity index (χ3v) is 3.77. The number of nitrogens with zero attached hydrogens (tertiary/aromatic N) is 2. The Morgan fingerprint density at radius 1 is 1.45 bits per heavy atom. The predicted molar refractivity (Wildman–Crippen MR) is 77.0 cm³/mol. The molecule has 0 spiro atoms. The normalized spacial score (nSPS) is 16.0. The van der Waals surface area contributed by atoms with Gasteiger partial charge in [-0.05, 0) is 25.0 Å². The van der Waals surface area contributed by atoms with Gasteiger partial charge < -0.3 is 10.2 Å². The van der Waals surface area contributed by atoms with E-state index in [9.17, 15) is 14.9 Å². The summed E-state index contributed by atoms with van der Waals surface area (Å²) in [4.78, 5) is 23.4. The first kappa shape index (κ1) is 14.6. The summed E-state index contributed by atoms with van der Waals surface area (Å²) < 4.78 is 0. The van der Waals surface area contributed by atoms with Gasteiger partial charge in [0.15, 0.2) is 0 Å². The molecule has 1 saturated heterocycles. The molecule has 0 saturated carbocycles. The highest BCUT2D eigenvalue weighted by Gasteiger charge is 2.21. The zero-order valence-electron chi connectivity index (χ0n) is 11.1. The van der Waals surface area contributed by atoms with Gasteiger partial charge >= 0.3 is 0 Å². The number of piperidine rings is 1. The molecule has 1 fully saturated rings. The summed E-state index contributed by atoms with van der Waals surface area (Å²) in [6.45, 7) is 2.99. The van der Waals surface area contributed by atoms with E-state index in [2.05, 4.69) is 5.32 Å². The number of likely N-dealkylation sites (tertiary alicyclic amines) is 1. The number of carbonyl (C=O) groups excluding carboxylic acids is 1. The van der Waals surface area contributed by atoms with Crippen molar-refractivity contribution in [1.29, 1.82) is 0 Å². The molecule has 0 aliphatic carbocycles. The van der Waals surface area contributed by atoms with Gasteiger partial charge in [0.1, 0.15) is 5.02 Å². The first-order valence-corrected chi connectivity index (χ1v) is 6.81. The number of anilines is 1. The van der Waals surface area contributed by atoms with E-state index < -0.39 is 4.92 Å². The van der Waals surface area contributed by atoms with Gasteiger partial charge in [0.05, 0.1) is 4.92 Å². The van der Waals surface area contributed by atoms with Crippen molar-refractivity contribution in [2.75, 3.05) is 18.4 Å². The molecule has 1 heterocycles. The van der Waals surface area contributed by atoms with Gasteiger partial charge in [0.25, 0.3) is 5.69 Å². The average molecular weight is 298 g/mol. The number of hydrogen-bond acceptors (Lipinski definition) is 4. The summed E-state index contributed by atoms with van der Waals surface area (Å²) in [6, 6.07) is 4.91. The van der Waals surface area contributed by atoms with E-state index in [0.29, 0.717) is 18.8 Å². The monoisotopic (exact) mass is 297 g/mol. The Kier molecular flexibility index (Phi) is 4.44. The molecule has 0 unspecified atom stereocenters. The Bertz CT molecular complexity index is 528. The molecule has 0 radical (unpaired) electrons. The van der Waals surface area contributed by atoms with Gasteiger partial charge in [-0.2, -0.15) is 0 Å². The van der Waals surface area contributed by atoms with E-state index in [1.165, 1.54) is 12.1 Å². The third kappa shape index (κ3) is 3.39. The summed E-state index contributed by atoms with van der Waals surface area (Å²) >= 11 is 5.77. The molecule has 1 aromatic rings. The van der Waals surface area contributed by atoms with Crippen molar-refractivity contribution >= 4 is 28.9 Å². The van der Waals surface area contributed by atoms with Gasteiger partial charge in [-0.25, -0.2) is 0 Å². The van der Waals surface area contributed by atoms with E-state index in [1.54, 1.807) is 13.0 Å². The van der Waals surface area contributed by atoms with Crippen molar-refractivity contribution in [2.45, 2.75) is 25.8 Å². The summed E-state index contributed by atoms with van der Waals surface area (Å²) in [5.41, 5.74) is 0.584. The van der Waals surface area contributed by atoms with Gasteiger partial charge in [-0.3, -0.25) is 14.9 Å². The molecule has 1 amide bonds. The van der Waals surface area contributed by atoms with Crippen LogP contribution in [0, 0.1) is 10.1 Å². The van der Waals surface area contributed by atoms with Crippen molar-refractivity contribution in [1.82, 2.24) is 4.90 Å². The maximum atomic E-state index is 11.2. The average Bonchev–Trinajstić information content (AvgIpc) is 2.41. The third-order valence-electron chi connectivity index (χ3n) is 3.45. The second-order valence-corrected chi connectivity index (χ2v) is 5.26. The van der Waals surface area contributed by atoms with Crippen LogP contribution in [0.3, 0.4) is 0 Å². The van der Waals surface area contributed by atoms with Gasteiger partial charge in [-0.15, -0.1) is 0 Å². The van der Waals surface area contributed by atoms with Crippen molar-refractivity contribution in [3.05, 3.63) is 33.3 Å². The van der Waals surface area contributed by atoms with E-state index in [0.717, 1.165) is 12.8 Å². The fourth-order valence-corrected chi connectivity index (χ4v) is 2.50. The van der Waals surface area contributed by atoms with Crippen LogP contribution in [0.15, 0.2) is 18.2 Å². The first-order valence-electron chi connectivity index (χ1n) is 6.43. The van der Waals surface area contributed by atoms with Crippen LogP contribution in [0.1, 0.15) is 19.8 Å². The van der Waals surface area contributed by atoms with Crippen LogP contribution < -0.4 is 5.32 Å². The molecule has 2 rings (SSSR count). The van der Waals surface area contributed by atoms with Crippen LogP contribution in [-0.4, -0.2) is 34.9 Å². The lowest BCUT2D eigenvalue weighted by molar-refractivity contribution is -0.384. The molecule has 1 N–H and O–H groups in total. The number of amides is 1. The molecular weight excluding hydrogens is 282 g/mol. The highest BCUT2D eigenvalue weighted by atomic mass is 35.5. The van der Waals surface area contributed by atoms with Crippen LogP contribution in [-0.2, 0) is 4.79 Å². The maximum absolute atomic E-state index is 11.2. The van der Waals surface area contributed by atoms with Crippen LogP contribution >= 0.6 is 11.6 Å². The Labute approximate surface area is 121 Å². The number of nitrogens with one attached hydrogen (secondary N) is 1. The lowest BCUT2D eigenvalue weighted by atomic mass is 10.0. The molecule has 1 aliphatic rings. The molecule has 108 valence electrons. The van der Waals surface area contributed by atoms with Crippen LogP contribution in [0.2, 0.25) is 5.02 Å². The summed E-state index contributed by atoms with van der Waals surface area (Å²) in [5.74, 6) is 0.0885. The van der Waals surface area contributed by atoms with Crippen molar-refractivity contribution in [3.8, 4) is 0 Å². The minimum absolute atomic E-state index is 0.0885. The largest absolute Gasteiger partial charge is 0.382 e. The highest BCUT2D eigenvalue weighted by molar-refractivity contribution is 6.32. The number of hydrogen-bond donors (Lipinski definition) is 1. The fraction of sp³-hybridized carbons (Fsp3) is 0.462. The first-order chi connectivity index (χ1) is 9.47. The van der Waals surface area contributed by atoms with Crippen LogP contribution in [0.5, 0.6) is 0 Å². The number of nitro groups is 1. The van der Waals surface area contributed by atoms with E-state index >= 15 is 0 Å². The minimum Gasteiger partial charge on any atom is -0.382 e. The zero-order chi connectivity index (χ0) is 14.7. The standard InChI is InChI=1S/C13H16ClN3O3/c1-9(18)16-6-4-10(5-7-16)15-11-2-3-12(14)13(8-11)17(19)20/h2-3,8,10,15H,4-7H2,1H3. The highest BCUT2D eigenvalue weighted by Crippen LogP contribution is 2.28. The SMILES string of the molecule is CC(=O)N1CCC(Nc2ccc(Cl)c([N+](=O)[O-])c2)CC1. The molecule has 6 nitrogen and oxygen atoms in total. The molecule has 0 aromatic heterocycles. The number of nitro benzene ring substituents is 1. The van der Waals surface area contributed by atoms with E-state index in [-0.39, 0.29) is 22.7 Å². The summed E-state index contributed by atoms with van der Waals surface area (Å²) in [5, 5.41) is 14.2. The molecule has 0 atom stereocenters. The fourth-order valence-electron chi connectivity index (χ4n) is 2.32. The smallest absolute Gasteiger partial charge is 0.289 e. The molecular formula is C13H16ClN3O3. The van der Waals surface area contributed by atoms with Crippen molar-refractivity contribution in [3.63, 3.8) is 0 Å². The van der Waals surface area contributed by atoms with Gasteiger partial charge in [-0.1, -0.05) is 11.6 Å². The zero-order valence-corrected chi connectivity index (χ0v) is 11.9. The van der Waals surface area contributed by atoms with E-state index in [1.807, 2.05) is 4.90 Å². The van der Waals surface area contributed by atoms with Crippen LogP contribution in [0.4, 0.5) is 11.4 Å². The predicted octanol–water partition coefficient (Wildman–Crippen LogP) is 2.67. The summed E-state index contributed by atoms with van der Waals surface area (Å²) in [6.07, 6.45) is 1.66. The Morgan fingerprint density at radius 3 is 2.65 bits per heavy atom. The number of rotatable bonds is 3. The molecule has 7 heteroatoms. The maximum Gasteiger partial charge on any atom is 0.289 e. The van der Waals surface area contributed by atoms with E-state index in [4.69, 9.17) is 11.6 Å². The minimum atomic E-state index is -0.494. The van der Waals surface area contributed by atoms with Crippen molar-refractivity contribution in [2.24, 2.45) is 0 Å². The molecule has 0 bridgehead atoms. The van der Waals surface area contributed by atoms with Crippen LogP contribution in [0.25, 0.3) is 0 Å². The topological polar surface area (TPSA) is 75.5 Å². The second-order valence-electron chi connectivity index (χ2n) is 4.85. The van der Waals surface area contributed by atoms with Gasteiger partial charge in [0, 0.05) is 37.8 Å². The molecule has 20 heavy (non-hydrogen) atoms. The lowest BCUT2D eigenvalue weighted by Gasteiger charge is -2.32. The number of benzene rings is 1. The number of halogens is 1. The summed E-state index contributed by atoms with van der Waals surface area (Å²) in [7, 11) is 0.